The topological polar surface area (TPSA) is 63.2 Å². The third-order valence-corrected chi connectivity index (χ3v) is 5.05. The third-order valence-electron chi connectivity index (χ3n) is 3.97. The number of carbonyl (C=O) groups is 1. The summed E-state index contributed by atoms with van der Waals surface area (Å²) in [5.41, 5.74) is 1.01. The van der Waals surface area contributed by atoms with Crippen molar-refractivity contribution in [3.8, 4) is 0 Å². The fraction of sp³-hybridized carbons (Fsp3) is 0.750. The van der Waals surface area contributed by atoms with Gasteiger partial charge in [0.25, 0.3) is 0 Å². The molecular weight excluding hydrogens is 298 g/mol. The van der Waals surface area contributed by atoms with E-state index in [-0.39, 0.29) is 18.1 Å². The molecule has 2 N–H and O–H groups in total. The number of aromatic nitrogens is 1. The molecule has 0 bridgehead atoms. The van der Waals surface area contributed by atoms with Crippen molar-refractivity contribution in [2.24, 2.45) is 0 Å². The van der Waals surface area contributed by atoms with E-state index in [2.05, 4.69) is 22.5 Å². The van der Waals surface area contributed by atoms with Gasteiger partial charge in [-0.2, -0.15) is 0 Å². The van der Waals surface area contributed by atoms with Crippen LogP contribution < -0.4 is 10.6 Å². The highest BCUT2D eigenvalue weighted by Crippen LogP contribution is 2.21. The summed E-state index contributed by atoms with van der Waals surface area (Å²) in [7, 11) is 0. The second-order valence-corrected chi connectivity index (χ2v) is 6.91. The number of hydrogen-bond acceptors (Lipinski definition) is 4. The van der Waals surface area contributed by atoms with Gasteiger partial charge in [-0.15, -0.1) is 11.3 Å². The van der Waals surface area contributed by atoms with E-state index in [1.807, 2.05) is 19.2 Å². The maximum absolute atomic E-state index is 12.1. The summed E-state index contributed by atoms with van der Waals surface area (Å²) < 4.78 is 5.62. The van der Waals surface area contributed by atoms with Gasteiger partial charge in [-0.25, -0.2) is 9.78 Å². The Bertz CT molecular complexity index is 472. The highest BCUT2D eigenvalue weighted by atomic mass is 32.1. The number of nitrogens with one attached hydrogen (secondary N) is 2. The number of ether oxygens (including phenoxy) is 1. The van der Waals surface area contributed by atoms with Gasteiger partial charge in [-0.3, -0.25) is 0 Å². The molecule has 2 heterocycles. The van der Waals surface area contributed by atoms with E-state index in [0.29, 0.717) is 6.10 Å². The molecule has 124 valence electrons. The van der Waals surface area contributed by atoms with Crippen molar-refractivity contribution in [2.75, 3.05) is 6.61 Å². The van der Waals surface area contributed by atoms with Gasteiger partial charge in [0.1, 0.15) is 5.01 Å². The first kappa shape index (κ1) is 17.2. The molecular formula is C16H27N3O2S. The van der Waals surface area contributed by atoms with Crippen molar-refractivity contribution in [1.29, 1.82) is 0 Å². The minimum Gasteiger partial charge on any atom is -0.378 e. The molecule has 0 radical (unpaired) electrons. The van der Waals surface area contributed by atoms with E-state index in [9.17, 15) is 4.79 Å². The Labute approximate surface area is 136 Å². The fourth-order valence-corrected chi connectivity index (χ4v) is 3.60. The van der Waals surface area contributed by atoms with E-state index in [1.165, 1.54) is 6.42 Å². The molecule has 1 saturated heterocycles. The van der Waals surface area contributed by atoms with Crippen LogP contribution in [-0.2, 0) is 4.74 Å². The van der Waals surface area contributed by atoms with Crippen LogP contribution in [0.2, 0.25) is 0 Å². The van der Waals surface area contributed by atoms with E-state index in [1.54, 1.807) is 11.3 Å². The average Bonchev–Trinajstić information content (AvgIpc) is 3.14. The maximum atomic E-state index is 12.1. The molecule has 1 aliphatic rings. The first-order valence-electron chi connectivity index (χ1n) is 8.19. The molecule has 0 saturated carbocycles. The minimum absolute atomic E-state index is 0.0101. The largest absolute Gasteiger partial charge is 0.378 e. The normalized spacial score (nSPS) is 20.6. The summed E-state index contributed by atoms with van der Waals surface area (Å²) >= 11 is 1.60. The molecule has 0 aromatic carbocycles. The second-order valence-electron chi connectivity index (χ2n) is 6.02. The molecule has 0 unspecified atom stereocenters. The summed E-state index contributed by atoms with van der Waals surface area (Å²) in [6.45, 7) is 6.96. The standard InChI is InChI=1S/C16H27N3O2S/c1-4-14(15-17-12(3)10-22-15)19-16(20)18-11(2)7-8-13-6-5-9-21-13/h10-11,13-14H,4-9H2,1-3H3,(H2,18,19,20)/t11-,13+,14+/m1/s1. The van der Waals surface area contributed by atoms with Gasteiger partial charge in [-0.05, 0) is 46.0 Å². The van der Waals surface area contributed by atoms with Crippen LogP contribution in [0.1, 0.15) is 62.7 Å². The van der Waals surface area contributed by atoms with Crippen molar-refractivity contribution >= 4 is 17.4 Å². The molecule has 6 heteroatoms. The number of nitrogens with zero attached hydrogens (tertiary/aromatic N) is 1. The van der Waals surface area contributed by atoms with Crippen LogP contribution in [0.25, 0.3) is 0 Å². The van der Waals surface area contributed by atoms with Crippen LogP contribution in [0.4, 0.5) is 4.79 Å². The summed E-state index contributed by atoms with van der Waals surface area (Å²) in [4.78, 5) is 16.6. The van der Waals surface area contributed by atoms with Gasteiger partial charge in [0.05, 0.1) is 12.1 Å². The van der Waals surface area contributed by atoms with Crippen molar-refractivity contribution < 1.29 is 9.53 Å². The predicted octanol–water partition coefficient (Wildman–Crippen LogP) is 3.55. The quantitative estimate of drug-likeness (QED) is 0.806. The molecule has 1 aromatic heterocycles. The van der Waals surface area contributed by atoms with Crippen molar-refractivity contribution in [1.82, 2.24) is 15.6 Å². The molecule has 1 aliphatic heterocycles. The summed E-state index contributed by atoms with van der Waals surface area (Å²) in [6.07, 6.45) is 5.51. The molecule has 0 spiro atoms. The van der Waals surface area contributed by atoms with Crippen LogP contribution >= 0.6 is 11.3 Å². The lowest BCUT2D eigenvalue weighted by atomic mass is 10.1. The van der Waals surface area contributed by atoms with Gasteiger partial charge in [-0.1, -0.05) is 6.92 Å². The number of urea groups is 1. The Kier molecular flexibility index (Phi) is 6.64. The van der Waals surface area contributed by atoms with Crippen molar-refractivity contribution in [3.05, 3.63) is 16.1 Å². The third kappa shape index (κ3) is 5.25. The summed E-state index contributed by atoms with van der Waals surface area (Å²) in [6, 6.07) is 0.0309. The van der Waals surface area contributed by atoms with E-state index >= 15 is 0 Å². The molecule has 3 atom stereocenters. The van der Waals surface area contributed by atoms with E-state index in [0.717, 1.165) is 43.0 Å². The number of hydrogen-bond donors (Lipinski definition) is 2. The molecule has 1 aromatic rings. The van der Waals surface area contributed by atoms with Crippen molar-refractivity contribution in [2.45, 2.75) is 71.1 Å². The molecule has 2 rings (SSSR count). The van der Waals surface area contributed by atoms with Gasteiger partial charge in [0, 0.05) is 23.7 Å². The Balaban J connectivity index is 1.73. The Morgan fingerprint density at radius 3 is 2.95 bits per heavy atom. The molecule has 22 heavy (non-hydrogen) atoms. The highest BCUT2D eigenvalue weighted by Gasteiger charge is 2.19. The second kappa shape index (κ2) is 8.48. The SMILES string of the molecule is CC[C@H](NC(=O)N[C@H](C)CC[C@@H]1CCCO1)c1nc(C)cs1. The molecule has 1 fully saturated rings. The maximum Gasteiger partial charge on any atom is 0.315 e. The fourth-order valence-electron chi connectivity index (χ4n) is 2.67. The van der Waals surface area contributed by atoms with E-state index < -0.39 is 0 Å². The van der Waals surface area contributed by atoms with E-state index in [4.69, 9.17) is 4.74 Å². The van der Waals surface area contributed by atoms with Crippen molar-refractivity contribution in [3.63, 3.8) is 0 Å². The van der Waals surface area contributed by atoms with Gasteiger partial charge in [0.2, 0.25) is 0 Å². The number of amides is 2. The number of aryl methyl sites for hydroxylation is 1. The van der Waals surface area contributed by atoms with Crippen LogP contribution in [0.5, 0.6) is 0 Å². The van der Waals surface area contributed by atoms with Crippen LogP contribution in [0.3, 0.4) is 0 Å². The first-order chi connectivity index (χ1) is 10.6. The monoisotopic (exact) mass is 325 g/mol. The smallest absolute Gasteiger partial charge is 0.315 e. The zero-order valence-corrected chi connectivity index (χ0v) is 14.5. The summed E-state index contributed by atoms with van der Waals surface area (Å²) in [5.74, 6) is 0. The average molecular weight is 325 g/mol. The predicted molar refractivity (Wildman–Crippen MR) is 89.2 cm³/mol. The first-order valence-corrected chi connectivity index (χ1v) is 9.07. The molecule has 5 nitrogen and oxygen atoms in total. The van der Waals surface area contributed by atoms with Crippen LogP contribution in [-0.4, -0.2) is 29.8 Å². The van der Waals surface area contributed by atoms with Gasteiger partial charge in [0.15, 0.2) is 0 Å². The van der Waals surface area contributed by atoms with Crippen LogP contribution in [0, 0.1) is 6.92 Å². The highest BCUT2D eigenvalue weighted by molar-refractivity contribution is 7.09. The zero-order chi connectivity index (χ0) is 15.9. The Morgan fingerprint density at radius 1 is 1.55 bits per heavy atom. The van der Waals surface area contributed by atoms with Gasteiger partial charge < -0.3 is 15.4 Å². The lowest BCUT2D eigenvalue weighted by Crippen LogP contribution is -2.42. The number of carbonyl (C=O) groups excluding carboxylic acids is 1. The van der Waals surface area contributed by atoms with Crippen LogP contribution in [0.15, 0.2) is 5.38 Å². The Hall–Kier alpha value is -1.14. The number of rotatable bonds is 7. The number of thiazole rings is 1. The lowest BCUT2D eigenvalue weighted by Gasteiger charge is -2.19. The minimum atomic E-state index is -0.112. The molecule has 0 aliphatic carbocycles. The summed E-state index contributed by atoms with van der Waals surface area (Å²) in [5, 5.41) is 9.03. The zero-order valence-electron chi connectivity index (χ0n) is 13.7. The molecule has 2 amide bonds. The lowest BCUT2D eigenvalue weighted by molar-refractivity contribution is 0.100. The Morgan fingerprint density at radius 2 is 2.36 bits per heavy atom. The van der Waals surface area contributed by atoms with Gasteiger partial charge >= 0.3 is 6.03 Å².